The van der Waals surface area contributed by atoms with Crippen LogP contribution in [0.5, 0.6) is 17.2 Å². The SMILES string of the molecule is COc1cc(-c2cc(C(=O)NCC3CCCN3c3nccs3)[nH]n2)cc(OC)c1OC. The van der Waals surface area contributed by atoms with Crippen LogP contribution < -0.4 is 24.4 Å². The molecule has 0 bridgehead atoms. The minimum Gasteiger partial charge on any atom is -0.493 e. The molecule has 1 aromatic carbocycles. The number of nitrogens with zero attached hydrogens (tertiary/aromatic N) is 3. The quantitative estimate of drug-likeness (QED) is 0.552. The molecule has 1 saturated heterocycles. The molecule has 3 aromatic rings. The number of anilines is 1. The van der Waals surface area contributed by atoms with Crippen molar-refractivity contribution in [3.05, 3.63) is 35.5 Å². The van der Waals surface area contributed by atoms with E-state index in [-0.39, 0.29) is 11.9 Å². The van der Waals surface area contributed by atoms with Crippen LogP contribution in [0.1, 0.15) is 23.3 Å². The highest BCUT2D eigenvalue weighted by atomic mass is 32.1. The molecule has 1 aliphatic heterocycles. The second kappa shape index (κ2) is 9.25. The van der Waals surface area contributed by atoms with Gasteiger partial charge in [0, 0.05) is 36.3 Å². The number of aromatic nitrogens is 3. The van der Waals surface area contributed by atoms with Crippen molar-refractivity contribution in [3.63, 3.8) is 0 Å². The number of carbonyl (C=O) groups is 1. The number of carbonyl (C=O) groups excluding carboxylic acids is 1. The van der Waals surface area contributed by atoms with Crippen LogP contribution >= 0.6 is 11.3 Å². The molecule has 1 amide bonds. The Labute approximate surface area is 184 Å². The van der Waals surface area contributed by atoms with Gasteiger partial charge >= 0.3 is 0 Å². The molecule has 0 aliphatic carbocycles. The number of rotatable bonds is 8. The molecule has 2 N–H and O–H groups in total. The van der Waals surface area contributed by atoms with E-state index < -0.39 is 0 Å². The first-order chi connectivity index (χ1) is 15.1. The molecule has 1 unspecified atom stereocenters. The van der Waals surface area contributed by atoms with Crippen LogP contribution in [0.4, 0.5) is 5.13 Å². The molecule has 2 aromatic heterocycles. The maximum Gasteiger partial charge on any atom is 0.269 e. The number of ether oxygens (including phenoxy) is 3. The average molecular weight is 444 g/mol. The Hall–Kier alpha value is -3.27. The lowest BCUT2D eigenvalue weighted by Gasteiger charge is -2.24. The van der Waals surface area contributed by atoms with Gasteiger partial charge in [-0.2, -0.15) is 5.10 Å². The van der Waals surface area contributed by atoms with Crippen molar-refractivity contribution in [2.24, 2.45) is 0 Å². The van der Waals surface area contributed by atoms with Crippen LogP contribution in [0, 0.1) is 0 Å². The van der Waals surface area contributed by atoms with Crippen LogP contribution in [-0.2, 0) is 0 Å². The van der Waals surface area contributed by atoms with Crippen LogP contribution in [0.3, 0.4) is 0 Å². The fraction of sp³-hybridized carbons (Fsp3) is 0.381. The van der Waals surface area contributed by atoms with Crippen LogP contribution in [0.25, 0.3) is 11.3 Å². The van der Waals surface area contributed by atoms with Crippen molar-refractivity contribution in [3.8, 4) is 28.5 Å². The molecular weight excluding hydrogens is 418 g/mol. The van der Waals surface area contributed by atoms with E-state index in [2.05, 4.69) is 25.4 Å². The van der Waals surface area contributed by atoms with E-state index in [1.54, 1.807) is 50.9 Å². The van der Waals surface area contributed by atoms with Crippen LogP contribution in [-0.4, -0.2) is 61.5 Å². The first-order valence-corrected chi connectivity index (χ1v) is 10.8. The van der Waals surface area contributed by atoms with Gasteiger partial charge in [-0.05, 0) is 31.0 Å². The van der Waals surface area contributed by atoms with E-state index in [1.165, 1.54) is 0 Å². The van der Waals surface area contributed by atoms with Gasteiger partial charge in [0.05, 0.1) is 27.0 Å². The zero-order valence-corrected chi connectivity index (χ0v) is 18.5. The second-order valence-electron chi connectivity index (χ2n) is 7.10. The summed E-state index contributed by atoms with van der Waals surface area (Å²) in [5, 5.41) is 13.1. The highest BCUT2D eigenvalue weighted by molar-refractivity contribution is 7.13. The number of hydrogen-bond acceptors (Lipinski definition) is 8. The summed E-state index contributed by atoms with van der Waals surface area (Å²) in [6.45, 7) is 1.51. The minimum absolute atomic E-state index is 0.197. The number of hydrogen-bond donors (Lipinski definition) is 2. The summed E-state index contributed by atoms with van der Waals surface area (Å²) < 4.78 is 16.2. The molecular formula is C21H25N5O4S. The van der Waals surface area contributed by atoms with Gasteiger partial charge < -0.3 is 24.4 Å². The summed E-state index contributed by atoms with van der Waals surface area (Å²) in [4.78, 5) is 19.4. The summed E-state index contributed by atoms with van der Waals surface area (Å²) in [6.07, 6.45) is 3.93. The second-order valence-corrected chi connectivity index (χ2v) is 7.97. The van der Waals surface area contributed by atoms with Gasteiger partial charge in [0.1, 0.15) is 5.69 Å². The van der Waals surface area contributed by atoms with E-state index >= 15 is 0 Å². The van der Waals surface area contributed by atoms with E-state index in [1.807, 2.05) is 11.6 Å². The smallest absolute Gasteiger partial charge is 0.269 e. The third-order valence-corrected chi connectivity index (χ3v) is 6.13. The zero-order chi connectivity index (χ0) is 21.8. The summed E-state index contributed by atoms with van der Waals surface area (Å²) in [7, 11) is 4.67. The Kier molecular flexibility index (Phi) is 6.26. The number of benzene rings is 1. The van der Waals surface area contributed by atoms with Crippen molar-refractivity contribution >= 4 is 22.4 Å². The molecule has 3 heterocycles. The molecule has 0 saturated carbocycles. The lowest BCUT2D eigenvalue weighted by Crippen LogP contribution is -2.40. The lowest BCUT2D eigenvalue weighted by molar-refractivity contribution is 0.0946. The zero-order valence-electron chi connectivity index (χ0n) is 17.7. The Morgan fingerprint density at radius 3 is 2.65 bits per heavy atom. The standard InChI is InChI=1S/C21H25N5O4S/c1-28-17-9-13(10-18(29-2)19(17)30-3)15-11-16(25-24-15)20(27)23-12-14-5-4-7-26(14)21-22-6-8-31-21/h6,8-11,14H,4-5,7,12H2,1-3H3,(H,23,27)(H,24,25). The van der Waals surface area contributed by atoms with Crippen molar-refractivity contribution in [1.82, 2.24) is 20.5 Å². The molecule has 1 atom stereocenters. The predicted molar refractivity (Wildman–Crippen MR) is 118 cm³/mol. The van der Waals surface area contributed by atoms with Gasteiger partial charge in [-0.25, -0.2) is 4.98 Å². The summed E-state index contributed by atoms with van der Waals surface area (Å²) >= 11 is 1.62. The van der Waals surface area contributed by atoms with Crippen molar-refractivity contribution in [2.45, 2.75) is 18.9 Å². The summed E-state index contributed by atoms with van der Waals surface area (Å²) in [6, 6.07) is 5.55. The minimum atomic E-state index is -0.197. The number of aromatic amines is 1. The first kappa shape index (κ1) is 21.0. The fourth-order valence-electron chi connectivity index (χ4n) is 3.78. The first-order valence-electron chi connectivity index (χ1n) is 9.94. The third kappa shape index (κ3) is 4.29. The molecule has 10 heteroatoms. The maximum absolute atomic E-state index is 12.7. The lowest BCUT2D eigenvalue weighted by atomic mass is 10.1. The summed E-state index contributed by atoms with van der Waals surface area (Å²) in [5.74, 6) is 1.35. The highest BCUT2D eigenvalue weighted by Gasteiger charge is 2.27. The monoisotopic (exact) mass is 443 g/mol. The van der Waals surface area contributed by atoms with Gasteiger partial charge in [0.25, 0.3) is 5.91 Å². The molecule has 164 valence electrons. The maximum atomic E-state index is 12.7. The Morgan fingerprint density at radius 1 is 1.23 bits per heavy atom. The molecule has 0 spiro atoms. The molecule has 31 heavy (non-hydrogen) atoms. The number of nitrogens with one attached hydrogen (secondary N) is 2. The number of H-pyrrole nitrogens is 1. The van der Waals surface area contributed by atoms with E-state index in [4.69, 9.17) is 14.2 Å². The summed E-state index contributed by atoms with van der Waals surface area (Å²) in [5.41, 5.74) is 1.74. The van der Waals surface area contributed by atoms with Crippen LogP contribution in [0.2, 0.25) is 0 Å². The van der Waals surface area contributed by atoms with E-state index in [0.717, 1.165) is 30.1 Å². The van der Waals surface area contributed by atoms with Gasteiger partial charge in [0.15, 0.2) is 16.6 Å². The van der Waals surface area contributed by atoms with Gasteiger partial charge in [0.2, 0.25) is 5.75 Å². The van der Waals surface area contributed by atoms with Crippen LogP contribution in [0.15, 0.2) is 29.8 Å². The van der Waals surface area contributed by atoms with Crippen molar-refractivity contribution < 1.29 is 19.0 Å². The molecule has 1 aliphatic rings. The number of methoxy groups -OCH3 is 3. The average Bonchev–Trinajstić information content (AvgIpc) is 3.56. The Bertz CT molecular complexity index is 1010. The normalized spacial score (nSPS) is 15.7. The Morgan fingerprint density at radius 2 is 2.00 bits per heavy atom. The van der Waals surface area contributed by atoms with Gasteiger partial charge in [-0.15, -0.1) is 11.3 Å². The third-order valence-electron chi connectivity index (χ3n) is 5.32. The molecule has 1 fully saturated rings. The topological polar surface area (TPSA) is 102 Å². The molecule has 0 radical (unpaired) electrons. The van der Waals surface area contributed by atoms with Crippen molar-refractivity contribution in [2.75, 3.05) is 39.3 Å². The highest BCUT2D eigenvalue weighted by Crippen LogP contribution is 2.40. The Balaban J connectivity index is 1.46. The van der Waals surface area contributed by atoms with Gasteiger partial charge in [-0.1, -0.05) is 0 Å². The van der Waals surface area contributed by atoms with E-state index in [9.17, 15) is 4.79 Å². The molecule has 4 rings (SSSR count). The molecule has 9 nitrogen and oxygen atoms in total. The largest absolute Gasteiger partial charge is 0.493 e. The van der Waals surface area contributed by atoms with Gasteiger partial charge in [-0.3, -0.25) is 9.89 Å². The number of amides is 1. The predicted octanol–water partition coefficient (Wildman–Crippen LogP) is 2.96. The van der Waals surface area contributed by atoms with E-state index in [0.29, 0.717) is 35.2 Å². The van der Waals surface area contributed by atoms with Crippen molar-refractivity contribution in [1.29, 1.82) is 0 Å². The number of thiazole rings is 1. The fourth-order valence-corrected chi connectivity index (χ4v) is 4.52.